The van der Waals surface area contributed by atoms with E-state index in [0.717, 1.165) is 37.2 Å². The van der Waals surface area contributed by atoms with Crippen LogP contribution in [0.15, 0.2) is 36.5 Å². The highest BCUT2D eigenvalue weighted by atomic mass is 16.2. The van der Waals surface area contributed by atoms with Gasteiger partial charge in [0.15, 0.2) is 0 Å². The summed E-state index contributed by atoms with van der Waals surface area (Å²) in [5.74, 6) is 0.148. The second-order valence-corrected chi connectivity index (χ2v) is 6.94. The van der Waals surface area contributed by atoms with Gasteiger partial charge in [-0.3, -0.25) is 9.48 Å². The maximum absolute atomic E-state index is 12.9. The van der Waals surface area contributed by atoms with Gasteiger partial charge in [0.1, 0.15) is 6.04 Å². The number of nitrogens with zero attached hydrogens (tertiary/aromatic N) is 3. The van der Waals surface area contributed by atoms with E-state index < -0.39 is 0 Å². The molecule has 1 unspecified atom stereocenters. The molecule has 1 aromatic carbocycles. The molecule has 0 spiro atoms. The third kappa shape index (κ3) is 2.66. The van der Waals surface area contributed by atoms with Crippen molar-refractivity contribution in [3.05, 3.63) is 53.4 Å². The number of hydrogen-bond acceptors (Lipinski definition) is 2. The molecule has 1 fully saturated rings. The van der Waals surface area contributed by atoms with Crippen molar-refractivity contribution in [1.29, 1.82) is 0 Å². The van der Waals surface area contributed by atoms with Crippen LogP contribution in [-0.4, -0.2) is 22.2 Å². The van der Waals surface area contributed by atoms with Crippen LogP contribution in [0.5, 0.6) is 0 Å². The van der Waals surface area contributed by atoms with Crippen LogP contribution in [-0.2, 0) is 4.79 Å². The molecule has 0 saturated carbocycles. The lowest BCUT2D eigenvalue weighted by Crippen LogP contribution is -2.28. The van der Waals surface area contributed by atoms with Crippen LogP contribution in [0.25, 0.3) is 5.57 Å². The molecular weight excluding hydrogens is 298 g/mol. The van der Waals surface area contributed by atoms with Gasteiger partial charge in [-0.25, -0.2) is 0 Å². The van der Waals surface area contributed by atoms with Crippen LogP contribution in [0.4, 0.5) is 5.69 Å². The number of anilines is 1. The first kappa shape index (κ1) is 15.2. The standard InChI is InChI=1S/C20H23N3O/c1-14-11-15(2)13-17(12-14)22-9-8-19(20(22)24)23-10-7-18(21-23)16-5-3-4-6-16/h5,7,10-13,19H,3-4,6,8-9H2,1-2H3. The maximum atomic E-state index is 12.9. The zero-order chi connectivity index (χ0) is 16.7. The second-order valence-electron chi connectivity index (χ2n) is 6.94. The first-order valence-corrected chi connectivity index (χ1v) is 8.76. The Balaban J connectivity index is 1.57. The number of carbonyl (C=O) groups excluding carboxylic acids is 1. The van der Waals surface area contributed by atoms with E-state index in [1.54, 1.807) is 0 Å². The normalized spacial score (nSPS) is 20.8. The van der Waals surface area contributed by atoms with Crippen molar-refractivity contribution in [2.24, 2.45) is 0 Å². The SMILES string of the molecule is Cc1cc(C)cc(N2CCC(n3ccc(C4=CCCC4)n3)C2=O)c1. The maximum Gasteiger partial charge on any atom is 0.251 e. The number of hydrogen-bond donors (Lipinski definition) is 0. The number of carbonyl (C=O) groups is 1. The van der Waals surface area contributed by atoms with E-state index in [2.05, 4.69) is 43.2 Å². The van der Waals surface area contributed by atoms with Crippen molar-refractivity contribution in [3.8, 4) is 0 Å². The summed E-state index contributed by atoms with van der Waals surface area (Å²) < 4.78 is 1.86. The van der Waals surface area contributed by atoms with Crippen LogP contribution in [0.2, 0.25) is 0 Å². The predicted molar refractivity (Wildman–Crippen MR) is 96.0 cm³/mol. The Morgan fingerprint density at radius 1 is 1.17 bits per heavy atom. The Bertz CT molecular complexity index is 798. The third-order valence-electron chi connectivity index (χ3n) is 4.99. The molecule has 24 heavy (non-hydrogen) atoms. The van der Waals surface area contributed by atoms with Gasteiger partial charge in [-0.05, 0) is 74.4 Å². The van der Waals surface area contributed by atoms with E-state index in [1.165, 1.54) is 23.1 Å². The Kier molecular flexibility index (Phi) is 3.75. The average Bonchev–Trinajstić information content (AvgIpc) is 3.26. The molecule has 2 aliphatic rings. The highest BCUT2D eigenvalue weighted by Gasteiger charge is 2.34. The first-order valence-electron chi connectivity index (χ1n) is 8.76. The van der Waals surface area contributed by atoms with Gasteiger partial charge >= 0.3 is 0 Å². The molecule has 2 heterocycles. The molecule has 0 bridgehead atoms. The van der Waals surface area contributed by atoms with Gasteiger partial charge in [0.25, 0.3) is 5.91 Å². The Morgan fingerprint density at radius 3 is 2.67 bits per heavy atom. The fourth-order valence-corrected chi connectivity index (χ4v) is 3.86. The van der Waals surface area contributed by atoms with Gasteiger partial charge in [-0.15, -0.1) is 0 Å². The van der Waals surface area contributed by atoms with Gasteiger partial charge in [-0.1, -0.05) is 12.1 Å². The number of aromatic nitrogens is 2. The topological polar surface area (TPSA) is 38.1 Å². The Hall–Kier alpha value is -2.36. The molecule has 1 amide bonds. The minimum Gasteiger partial charge on any atom is -0.310 e. The van der Waals surface area contributed by atoms with Gasteiger partial charge in [0.2, 0.25) is 0 Å². The van der Waals surface area contributed by atoms with Crippen LogP contribution in [0.1, 0.15) is 48.5 Å². The second kappa shape index (κ2) is 5.93. The van der Waals surface area contributed by atoms with Crippen molar-refractivity contribution in [2.45, 2.75) is 45.6 Å². The molecule has 1 aliphatic carbocycles. The Morgan fingerprint density at radius 2 is 1.96 bits per heavy atom. The van der Waals surface area contributed by atoms with E-state index in [-0.39, 0.29) is 11.9 Å². The molecule has 0 N–H and O–H groups in total. The van der Waals surface area contributed by atoms with Crippen molar-refractivity contribution in [1.82, 2.24) is 9.78 Å². The van der Waals surface area contributed by atoms with Gasteiger partial charge in [0.05, 0.1) is 5.69 Å². The van der Waals surface area contributed by atoms with Crippen molar-refractivity contribution in [3.63, 3.8) is 0 Å². The molecule has 1 saturated heterocycles. The minimum absolute atomic E-state index is 0.148. The van der Waals surface area contributed by atoms with E-state index >= 15 is 0 Å². The van der Waals surface area contributed by atoms with E-state index in [0.29, 0.717) is 0 Å². The van der Waals surface area contributed by atoms with Gasteiger partial charge < -0.3 is 4.90 Å². The summed E-state index contributed by atoms with van der Waals surface area (Å²) in [6, 6.07) is 8.18. The first-order chi connectivity index (χ1) is 11.6. The summed E-state index contributed by atoms with van der Waals surface area (Å²) in [4.78, 5) is 14.8. The van der Waals surface area contributed by atoms with Gasteiger partial charge in [0, 0.05) is 18.4 Å². The molecule has 2 aromatic rings. The molecule has 4 nitrogen and oxygen atoms in total. The van der Waals surface area contributed by atoms with E-state index in [4.69, 9.17) is 0 Å². The van der Waals surface area contributed by atoms with Gasteiger partial charge in [-0.2, -0.15) is 5.10 Å². The highest BCUT2D eigenvalue weighted by Crippen LogP contribution is 2.31. The van der Waals surface area contributed by atoms with Crippen LogP contribution >= 0.6 is 0 Å². The Labute approximate surface area is 142 Å². The number of aryl methyl sites for hydroxylation is 2. The fraction of sp³-hybridized carbons (Fsp3) is 0.400. The lowest BCUT2D eigenvalue weighted by Gasteiger charge is -2.18. The van der Waals surface area contributed by atoms with Crippen LogP contribution in [0.3, 0.4) is 0 Å². The molecule has 124 valence electrons. The number of allylic oxidation sites excluding steroid dienone is 2. The summed E-state index contributed by atoms with van der Waals surface area (Å²) in [5, 5.41) is 4.69. The van der Waals surface area contributed by atoms with E-state index in [9.17, 15) is 4.79 Å². The smallest absolute Gasteiger partial charge is 0.251 e. The largest absolute Gasteiger partial charge is 0.310 e. The third-order valence-corrected chi connectivity index (χ3v) is 4.99. The van der Waals surface area contributed by atoms with E-state index in [1.807, 2.05) is 21.8 Å². The molecule has 1 aliphatic heterocycles. The zero-order valence-corrected chi connectivity index (χ0v) is 14.3. The summed E-state index contributed by atoms with van der Waals surface area (Å²) in [7, 11) is 0. The van der Waals surface area contributed by atoms with Crippen LogP contribution in [0, 0.1) is 13.8 Å². The molecular formula is C20H23N3O. The quantitative estimate of drug-likeness (QED) is 0.855. The average molecular weight is 321 g/mol. The fourth-order valence-electron chi connectivity index (χ4n) is 3.86. The summed E-state index contributed by atoms with van der Waals surface area (Å²) in [5.41, 5.74) is 5.74. The number of rotatable bonds is 3. The summed E-state index contributed by atoms with van der Waals surface area (Å²) in [6.45, 7) is 4.90. The monoisotopic (exact) mass is 321 g/mol. The predicted octanol–water partition coefficient (Wildman–Crippen LogP) is 4.05. The van der Waals surface area contributed by atoms with Crippen molar-refractivity contribution < 1.29 is 4.79 Å². The highest BCUT2D eigenvalue weighted by molar-refractivity contribution is 5.98. The molecule has 4 heteroatoms. The van der Waals surface area contributed by atoms with Crippen LogP contribution < -0.4 is 4.90 Å². The minimum atomic E-state index is -0.179. The van der Waals surface area contributed by atoms with Crippen molar-refractivity contribution >= 4 is 17.2 Å². The van der Waals surface area contributed by atoms with Crippen molar-refractivity contribution in [2.75, 3.05) is 11.4 Å². The lowest BCUT2D eigenvalue weighted by molar-refractivity contribution is -0.120. The molecule has 0 radical (unpaired) electrons. The molecule has 1 atom stereocenters. The lowest BCUT2D eigenvalue weighted by atomic mass is 10.1. The number of amides is 1. The molecule has 1 aromatic heterocycles. The number of benzene rings is 1. The molecule has 4 rings (SSSR count). The summed E-state index contributed by atoms with van der Waals surface area (Å²) >= 11 is 0. The zero-order valence-electron chi connectivity index (χ0n) is 14.3. The summed E-state index contributed by atoms with van der Waals surface area (Å²) in [6.07, 6.45) is 8.50.